The number of carbonyl (C=O) groups is 1. The third kappa shape index (κ3) is 4.52. The van der Waals surface area contributed by atoms with Crippen molar-refractivity contribution in [2.45, 2.75) is 49.1 Å². The zero-order chi connectivity index (χ0) is 20.2. The summed E-state index contributed by atoms with van der Waals surface area (Å²) in [6.45, 7) is 0.230. The van der Waals surface area contributed by atoms with Crippen LogP contribution in [0.5, 0.6) is 0 Å². The van der Waals surface area contributed by atoms with E-state index < -0.39 is 5.25 Å². The summed E-state index contributed by atoms with van der Waals surface area (Å²) in [5.41, 5.74) is 1.89. The fourth-order valence-electron chi connectivity index (χ4n) is 3.50. The molecule has 0 radical (unpaired) electrons. The number of aryl methyl sites for hydroxylation is 2. The topological polar surface area (TPSA) is 108 Å². The van der Waals surface area contributed by atoms with Gasteiger partial charge in [-0.1, -0.05) is 17.8 Å². The van der Waals surface area contributed by atoms with Crippen molar-refractivity contribution in [2.24, 2.45) is 0 Å². The van der Waals surface area contributed by atoms with Crippen LogP contribution in [0.2, 0.25) is 0 Å². The normalized spacial score (nSPS) is 14.5. The van der Waals surface area contributed by atoms with Crippen molar-refractivity contribution in [3.63, 3.8) is 0 Å². The van der Waals surface area contributed by atoms with Crippen LogP contribution in [0, 0.1) is 0 Å². The Morgan fingerprint density at radius 2 is 2.24 bits per heavy atom. The molecule has 0 saturated carbocycles. The van der Waals surface area contributed by atoms with Crippen molar-refractivity contribution in [1.29, 1.82) is 0 Å². The number of nitrogens with one attached hydrogen (secondary N) is 2. The Hall–Kier alpha value is -2.23. The van der Waals surface area contributed by atoms with E-state index in [2.05, 4.69) is 20.3 Å². The van der Waals surface area contributed by atoms with E-state index in [1.165, 1.54) is 16.6 Å². The molecule has 9 heteroatoms. The zero-order valence-electron chi connectivity index (χ0n) is 15.8. The van der Waals surface area contributed by atoms with Gasteiger partial charge in [0.2, 0.25) is 5.91 Å². The van der Waals surface area contributed by atoms with E-state index in [4.69, 9.17) is 0 Å². The summed E-state index contributed by atoms with van der Waals surface area (Å²) < 4.78 is 0. The zero-order valence-corrected chi connectivity index (χ0v) is 17.4. The maximum Gasteiger partial charge on any atom is 0.260 e. The van der Waals surface area contributed by atoms with Crippen LogP contribution in [0.3, 0.4) is 0 Å². The van der Waals surface area contributed by atoms with Crippen molar-refractivity contribution < 1.29 is 9.90 Å². The van der Waals surface area contributed by atoms with E-state index in [0.29, 0.717) is 17.1 Å². The van der Waals surface area contributed by atoms with Gasteiger partial charge in [0.05, 0.1) is 10.6 Å². The predicted molar refractivity (Wildman–Crippen MR) is 114 cm³/mol. The second kappa shape index (κ2) is 9.06. The van der Waals surface area contributed by atoms with Gasteiger partial charge in [-0.15, -0.1) is 11.3 Å². The summed E-state index contributed by atoms with van der Waals surface area (Å²) in [5.74, 6) is -0.207. The fraction of sp³-hybridized carbons (Fsp3) is 0.400. The molecule has 0 saturated heterocycles. The maximum absolute atomic E-state index is 12.7. The van der Waals surface area contributed by atoms with E-state index >= 15 is 0 Å². The fourth-order valence-corrected chi connectivity index (χ4v) is 5.80. The number of aromatic nitrogens is 3. The van der Waals surface area contributed by atoms with E-state index in [9.17, 15) is 14.7 Å². The molecule has 1 amide bonds. The molecule has 3 aromatic heterocycles. The van der Waals surface area contributed by atoms with Gasteiger partial charge in [-0.2, -0.15) is 0 Å². The Morgan fingerprint density at radius 3 is 3.03 bits per heavy atom. The number of thioether (sulfide) groups is 1. The first-order valence-electron chi connectivity index (χ1n) is 9.64. The molecule has 1 aliphatic rings. The van der Waals surface area contributed by atoms with Gasteiger partial charge in [-0.3, -0.25) is 14.6 Å². The summed E-state index contributed by atoms with van der Waals surface area (Å²) in [7, 11) is 0. The van der Waals surface area contributed by atoms with Gasteiger partial charge in [0, 0.05) is 30.4 Å². The first-order chi connectivity index (χ1) is 14.2. The Kier molecular flexibility index (Phi) is 6.27. The second-order valence-electron chi connectivity index (χ2n) is 6.96. The summed E-state index contributed by atoms with van der Waals surface area (Å²) in [6, 6.07) is 3.69. The molecule has 3 heterocycles. The highest BCUT2D eigenvalue weighted by Crippen LogP contribution is 2.34. The molecule has 0 aromatic carbocycles. The lowest BCUT2D eigenvalue weighted by Crippen LogP contribution is -2.33. The van der Waals surface area contributed by atoms with Gasteiger partial charge in [-0.05, 0) is 49.3 Å². The SMILES string of the molecule is O=C(NCc1cccnc1)[C@H](CCO)Sc1nc2sc3c(c2c(=O)[nH]1)CCCC3. The number of nitrogens with zero attached hydrogens (tertiary/aromatic N) is 2. The third-order valence-corrected chi connectivity index (χ3v) is 7.27. The van der Waals surface area contributed by atoms with Crippen LogP contribution in [0.15, 0.2) is 34.5 Å². The Bertz CT molecular complexity index is 1060. The summed E-state index contributed by atoms with van der Waals surface area (Å²) in [4.78, 5) is 38.8. The minimum Gasteiger partial charge on any atom is -0.396 e. The maximum atomic E-state index is 12.7. The lowest BCUT2D eigenvalue weighted by molar-refractivity contribution is -0.121. The van der Waals surface area contributed by atoms with E-state index in [1.807, 2.05) is 12.1 Å². The van der Waals surface area contributed by atoms with E-state index in [1.54, 1.807) is 23.7 Å². The first-order valence-corrected chi connectivity index (χ1v) is 11.3. The number of thiophene rings is 1. The highest BCUT2D eigenvalue weighted by molar-refractivity contribution is 8.00. The van der Waals surface area contributed by atoms with Crippen LogP contribution in [0.1, 0.15) is 35.3 Å². The number of hydrogen-bond donors (Lipinski definition) is 3. The summed E-state index contributed by atoms with van der Waals surface area (Å²) >= 11 is 2.77. The highest BCUT2D eigenvalue weighted by Gasteiger charge is 2.23. The van der Waals surface area contributed by atoms with Crippen LogP contribution in [0.25, 0.3) is 10.2 Å². The molecule has 0 unspecified atom stereocenters. The molecule has 0 fully saturated rings. The van der Waals surface area contributed by atoms with E-state index in [0.717, 1.165) is 41.6 Å². The van der Waals surface area contributed by atoms with Crippen LogP contribution >= 0.6 is 23.1 Å². The van der Waals surface area contributed by atoms with Crippen LogP contribution in [0.4, 0.5) is 0 Å². The Labute approximate surface area is 176 Å². The molecule has 0 spiro atoms. The number of aliphatic hydroxyl groups excluding tert-OH is 1. The van der Waals surface area contributed by atoms with Crippen molar-refractivity contribution in [3.05, 3.63) is 50.9 Å². The van der Waals surface area contributed by atoms with Gasteiger partial charge in [0.15, 0.2) is 5.16 Å². The molecular formula is C20H22N4O3S2. The molecule has 29 heavy (non-hydrogen) atoms. The highest BCUT2D eigenvalue weighted by atomic mass is 32.2. The number of rotatable bonds is 7. The number of hydrogen-bond acceptors (Lipinski definition) is 7. The number of carbonyl (C=O) groups excluding carboxylic acids is 1. The van der Waals surface area contributed by atoms with Crippen LogP contribution in [-0.2, 0) is 24.2 Å². The van der Waals surface area contributed by atoms with Crippen molar-refractivity contribution >= 4 is 39.2 Å². The second-order valence-corrected chi connectivity index (χ2v) is 9.24. The minimum absolute atomic E-state index is 0.127. The van der Waals surface area contributed by atoms with Gasteiger partial charge in [-0.25, -0.2) is 4.98 Å². The first kappa shape index (κ1) is 20.1. The van der Waals surface area contributed by atoms with E-state index in [-0.39, 0.29) is 24.5 Å². The number of aromatic amines is 1. The Morgan fingerprint density at radius 1 is 1.38 bits per heavy atom. The largest absolute Gasteiger partial charge is 0.396 e. The average Bonchev–Trinajstić information content (AvgIpc) is 3.11. The van der Waals surface area contributed by atoms with Gasteiger partial charge in [0.1, 0.15) is 4.83 Å². The lowest BCUT2D eigenvalue weighted by atomic mass is 9.97. The predicted octanol–water partition coefficient (Wildman–Crippen LogP) is 2.42. The number of pyridine rings is 1. The van der Waals surface area contributed by atoms with Crippen molar-refractivity contribution in [1.82, 2.24) is 20.3 Å². The molecule has 1 atom stereocenters. The molecule has 1 aliphatic carbocycles. The molecule has 0 bridgehead atoms. The molecule has 4 rings (SSSR count). The van der Waals surface area contributed by atoms with Crippen LogP contribution < -0.4 is 10.9 Å². The minimum atomic E-state index is -0.549. The molecule has 3 N–H and O–H groups in total. The number of amides is 1. The van der Waals surface area contributed by atoms with Gasteiger partial charge in [0.25, 0.3) is 5.56 Å². The number of H-pyrrole nitrogens is 1. The number of aliphatic hydroxyl groups is 1. The van der Waals surface area contributed by atoms with Gasteiger partial charge < -0.3 is 15.4 Å². The standard InChI is InChI=1S/C20H22N4O3S2/c25-9-7-15(17(26)22-11-12-4-3-8-21-10-12)29-20-23-18(27)16-13-5-1-2-6-14(13)28-19(16)24-20/h3-4,8,10,15,25H,1-2,5-7,9,11H2,(H,22,26)(H,23,24,27)/t15-/m0/s1. The molecule has 152 valence electrons. The molecule has 0 aliphatic heterocycles. The van der Waals surface area contributed by atoms with Crippen molar-refractivity contribution in [3.8, 4) is 0 Å². The summed E-state index contributed by atoms with van der Waals surface area (Å²) in [5, 5.41) is 12.8. The van der Waals surface area contributed by atoms with Crippen LogP contribution in [-0.4, -0.2) is 37.8 Å². The third-order valence-electron chi connectivity index (χ3n) is 4.93. The average molecular weight is 431 g/mol. The molecule has 7 nitrogen and oxygen atoms in total. The number of fused-ring (bicyclic) bond motifs is 3. The summed E-state index contributed by atoms with van der Waals surface area (Å²) in [6.07, 6.45) is 7.82. The lowest BCUT2D eigenvalue weighted by Gasteiger charge is -2.15. The smallest absolute Gasteiger partial charge is 0.260 e. The van der Waals surface area contributed by atoms with Gasteiger partial charge >= 0.3 is 0 Å². The Balaban J connectivity index is 1.52. The molecular weight excluding hydrogens is 408 g/mol. The molecule has 3 aromatic rings. The quantitative estimate of drug-likeness (QED) is 0.392. The van der Waals surface area contributed by atoms with Crippen molar-refractivity contribution in [2.75, 3.05) is 6.61 Å². The monoisotopic (exact) mass is 430 g/mol.